The number of aliphatic carboxylic acids is 1. The summed E-state index contributed by atoms with van der Waals surface area (Å²) in [7, 11) is 1.63. The Hall–Kier alpha value is -3.67. The first kappa shape index (κ1) is 43.7. The predicted octanol–water partition coefficient (Wildman–Crippen LogP) is 3.03. The first-order valence-corrected chi connectivity index (χ1v) is 18.2. The van der Waals surface area contributed by atoms with Gasteiger partial charge in [0.05, 0.1) is 92.5 Å². The number of unbranched alkanes of at least 4 members (excludes halogenated alkanes) is 1. The molecule has 2 aromatic rings. The maximum absolute atomic E-state index is 12.5. The number of hydrogen-bond acceptors (Lipinski definition) is 12. The molecule has 1 atom stereocenters. The Morgan fingerprint density at radius 1 is 0.642 bits per heavy atom. The van der Waals surface area contributed by atoms with E-state index in [0.29, 0.717) is 105 Å². The molecule has 15 nitrogen and oxygen atoms in total. The molecule has 0 bridgehead atoms. The molecule has 1 aliphatic carbocycles. The fourth-order valence-corrected chi connectivity index (χ4v) is 5.42. The molecule has 0 aliphatic heterocycles. The Bertz CT molecular complexity index is 1270. The molecule has 0 heterocycles. The van der Waals surface area contributed by atoms with Crippen molar-refractivity contribution >= 4 is 18.0 Å². The van der Waals surface area contributed by atoms with Crippen LogP contribution in [-0.2, 0) is 52.2 Å². The second-order valence-electron chi connectivity index (χ2n) is 11.9. The van der Waals surface area contributed by atoms with Crippen molar-refractivity contribution in [2.24, 2.45) is 0 Å². The number of nitrogens with one attached hydrogen (secondary N) is 2. The maximum atomic E-state index is 12.5. The Balaban J connectivity index is 1.08. The minimum absolute atomic E-state index is 0.0978. The summed E-state index contributed by atoms with van der Waals surface area (Å²) in [6.07, 6.45) is 0.423. The molecule has 0 saturated carbocycles. The number of carbonyl (C=O) groups is 3. The molecule has 15 heteroatoms. The molecule has 296 valence electrons. The van der Waals surface area contributed by atoms with Crippen molar-refractivity contribution in [3.63, 3.8) is 0 Å². The number of hydrogen-bond donors (Lipinski definition) is 3. The van der Waals surface area contributed by atoms with Crippen LogP contribution in [0.3, 0.4) is 0 Å². The van der Waals surface area contributed by atoms with E-state index in [1.54, 1.807) is 7.11 Å². The fraction of sp³-hybridized carbons (Fsp3) is 0.605. The molecule has 3 rings (SSSR count). The number of amides is 2. The summed E-state index contributed by atoms with van der Waals surface area (Å²) in [5, 5.41) is 14.8. The maximum Gasteiger partial charge on any atom is 0.407 e. The van der Waals surface area contributed by atoms with E-state index in [-0.39, 0.29) is 38.1 Å². The molecular formula is C38H56N2O13. The highest BCUT2D eigenvalue weighted by Gasteiger charge is 2.29. The van der Waals surface area contributed by atoms with E-state index >= 15 is 0 Å². The lowest BCUT2D eigenvalue weighted by Gasteiger charge is -2.17. The average Bonchev–Trinajstić information content (AvgIpc) is 3.48. The molecule has 53 heavy (non-hydrogen) atoms. The largest absolute Gasteiger partial charge is 0.480 e. The van der Waals surface area contributed by atoms with Crippen LogP contribution in [0.4, 0.5) is 4.79 Å². The van der Waals surface area contributed by atoms with Gasteiger partial charge in [0.25, 0.3) is 0 Å². The minimum Gasteiger partial charge on any atom is -0.480 e. The van der Waals surface area contributed by atoms with E-state index in [4.69, 9.17) is 42.6 Å². The van der Waals surface area contributed by atoms with E-state index < -0.39 is 18.1 Å². The van der Waals surface area contributed by atoms with Crippen LogP contribution in [0.2, 0.25) is 0 Å². The Labute approximate surface area is 311 Å². The molecule has 0 saturated heterocycles. The van der Waals surface area contributed by atoms with Crippen LogP contribution in [0.5, 0.6) is 0 Å². The highest BCUT2D eigenvalue weighted by molar-refractivity contribution is 5.81. The topological polar surface area (TPSA) is 179 Å². The van der Waals surface area contributed by atoms with Crippen LogP contribution in [0.1, 0.15) is 36.3 Å². The van der Waals surface area contributed by atoms with Crippen molar-refractivity contribution in [3.8, 4) is 11.1 Å². The van der Waals surface area contributed by atoms with Gasteiger partial charge in [-0.15, -0.1) is 0 Å². The van der Waals surface area contributed by atoms with Gasteiger partial charge < -0.3 is 58.4 Å². The zero-order valence-corrected chi connectivity index (χ0v) is 30.8. The Morgan fingerprint density at radius 2 is 1.09 bits per heavy atom. The van der Waals surface area contributed by atoms with Crippen molar-refractivity contribution in [1.29, 1.82) is 0 Å². The molecule has 0 unspecified atom stereocenters. The fourth-order valence-electron chi connectivity index (χ4n) is 5.42. The zero-order chi connectivity index (χ0) is 37.8. The molecule has 0 radical (unpaired) electrons. The second-order valence-corrected chi connectivity index (χ2v) is 11.9. The number of carbonyl (C=O) groups excluding carboxylic acids is 2. The van der Waals surface area contributed by atoms with Gasteiger partial charge in [-0.25, -0.2) is 9.59 Å². The van der Waals surface area contributed by atoms with Gasteiger partial charge in [-0.1, -0.05) is 48.5 Å². The van der Waals surface area contributed by atoms with E-state index in [2.05, 4.69) is 10.6 Å². The summed E-state index contributed by atoms with van der Waals surface area (Å²) in [5.41, 5.74) is 4.37. The van der Waals surface area contributed by atoms with Gasteiger partial charge in [0.15, 0.2) is 0 Å². The number of alkyl carbamates (subject to hydrolysis) is 1. The van der Waals surface area contributed by atoms with Gasteiger partial charge in [0.1, 0.15) is 19.3 Å². The summed E-state index contributed by atoms with van der Waals surface area (Å²) in [4.78, 5) is 36.4. The van der Waals surface area contributed by atoms with E-state index in [0.717, 1.165) is 22.3 Å². The van der Waals surface area contributed by atoms with E-state index in [1.165, 1.54) is 0 Å². The van der Waals surface area contributed by atoms with E-state index in [9.17, 15) is 19.5 Å². The molecule has 3 N–H and O–H groups in total. The molecule has 1 aliphatic rings. The lowest BCUT2D eigenvalue weighted by molar-refractivity contribution is -0.139. The average molecular weight is 749 g/mol. The number of carboxylic acid groups (broad SMARTS) is 1. The smallest absolute Gasteiger partial charge is 0.407 e. The molecule has 2 aromatic carbocycles. The van der Waals surface area contributed by atoms with Gasteiger partial charge in [0, 0.05) is 19.6 Å². The predicted molar refractivity (Wildman–Crippen MR) is 194 cm³/mol. The number of fused-ring (bicyclic) bond motifs is 3. The summed E-state index contributed by atoms with van der Waals surface area (Å²) in [5.74, 6) is -1.55. The van der Waals surface area contributed by atoms with Gasteiger partial charge in [-0.3, -0.25) is 4.79 Å². The lowest BCUT2D eigenvalue weighted by atomic mass is 9.98. The van der Waals surface area contributed by atoms with Gasteiger partial charge in [-0.2, -0.15) is 0 Å². The van der Waals surface area contributed by atoms with Crippen molar-refractivity contribution in [1.82, 2.24) is 10.6 Å². The Kier molecular flexibility index (Phi) is 23.0. The van der Waals surface area contributed by atoms with Crippen molar-refractivity contribution in [2.45, 2.75) is 31.2 Å². The van der Waals surface area contributed by atoms with Crippen LogP contribution in [0, 0.1) is 0 Å². The van der Waals surface area contributed by atoms with Crippen LogP contribution >= 0.6 is 0 Å². The van der Waals surface area contributed by atoms with Crippen molar-refractivity contribution in [2.75, 3.05) is 119 Å². The molecule has 0 aromatic heterocycles. The third-order valence-electron chi connectivity index (χ3n) is 8.07. The monoisotopic (exact) mass is 748 g/mol. The molecule has 0 spiro atoms. The standard InChI is InChI=1S/C38H56N2O13/c1-45-14-15-46-16-17-47-18-19-48-20-21-49-22-23-50-24-25-51-26-27-52-29-36(41)39-13-7-6-12-35(37(42)43)40-38(44)53-28-34-32-10-4-2-8-30(32)31-9-3-5-11-33(31)34/h2-5,8-11,34-35H,6-7,12-29H2,1H3,(H,39,41)(H,40,44)(H,42,43)/t35-/m0/s1. The summed E-state index contributed by atoms with van der Waals surface area (Å²) >= 11 is 0. The number of carboxylic acids is 1. The third kappa shape index (κ3) is 18.3. The van der Waals surface area contributed by atoms with Crippen molar-refractivity contribution in [3.05, 3.63) is 59.7 Å². The molecular weight excluding hydrogens is 692 g/mol. The van der Waals surface area contributed by atoms with E-state index in [1.807, 2.05) is 48.5 Å². The number of benzene rings is 2. The highest BCUT2D eigenvalue weighted by Crippen LogP contribution is 2.44. The third-order valence-corrected chi connectivity index (χ3v) is 8.07. The number of ether oxygens (including phenoxy) is 9. The normalized spacial score (nSPS) is 12.6. The SMILES string of the molecule is COCCOCCOCCOCCOCCOCCOCCOCC(=O)NCCCC[C@H](NC(=O)OCC1c2ccccc2-c2ccccc21)C(=O)O. The summed E-state index contributed by atoms with van der Waals surface area (Å²) < 4.78 is 48.2. The zero-order valence-electron chi connectivity index (χ0n) is 30.8. The first-order valence-electron chi connectivity index (χ1n) is 18.2. The van der Waals surface area contributed by atoms with Crippen LogP contribution in [0.15, 0.2) is 48.5 Å². The van der Waals surface area contributed by atoms with Crippen LogP contribution < -0.4 is 10.6 Å². The van der Waals surface area contributed by atoms with Crippen LogP contribution in [-0.4, -0.2) is 148 Å². The minimum atomic E-state index is -1.15. The van der Waals surface area contributed by atoms with Gasteiger partial charge >= 0.3 is 12.1 Å². The lowest BCUT2D eigenvalue weighted by Crippen LogP contribution is -2.41. The molecule has 2 amide bonds. The summed E-state index contributed by atoms with van der Waals surface area (Å²) in [6.45, 7) is 6.76. The van der Waals surface area contributed by atoms with Crippen molar-refractivity contribution < 1.29 is 62.1 Å². The highest BCUT2D eigenvalue weighted by atomic mass is 16.6. The van der Waals surface area contributed by atoms with Gasteiger partial charge in [0.2, 0.25) is 5.91 Å². The summed E-state index contributed by atoms with van der Waals surface area (Å²) in [6, 6.07) is 14.9. The van der Waals surface area contributed by atoms with Crippen LogP contribution in [0.25, 0.3) is 11.1 Å². The number of methoxy groups -OCH3 is 1. The number of rotatable bonds is 32. The second kappa shape index (κ2) is 27.9. The quantitative estimate of drug-likeness (QED) is 0.0932. The molecule has 0 fully saturated rings. The first-order chi connectivity index (χ1) is 26.0. The Morgan fingerprint density at radius 3 is 1.57 bits per heavy atom. The van der Waals surface area contributed by atoms with Gasteiger partial charge in [-0.05, 0) is 41.5 Å².